The maximum absolute atomic E-state index is 14.3. The van der Waals surface area contributed by atoms with Gasteiger partial charge in [-0.1, -0.05) is 13.3 Å². The van der Waals surface area contributed by atoms with E-state index < -0.39 is 0 Å². The van der Waals surface area contributed by atoms with Crippen LogP contribution in [0.3, 0.4) is 0 Å². The van der Waals surface area contributed by atoms with Crippen LogP contribution in [0.5, 0.6) is 5.75 Å². The van der Waals surface area contributed by atoms with Crippen molar-refractivity contribution in [3.63, 3.8) is 0 Å². The van der Waals surface area contributed by atoms with Gasteiger partial charge < -0.3 is 20.5 Å². The molecule has 0 saturated carbocycles. The van der Waals surface area contributed by atoms with E-state index in [4.69, 9.17) is 4.74 Å². The normalized spacial score (nSPS) is 12.3. The number of ether oxygens (including phenoxy) is 1. The van der Waals surface area contributed by atoms with Crippen molar-refractivity contribution in [2.45, 2.75) is 45.3 Å². The van der Waals surface area contributed by atoms with Crippen LogP contribution < -0.4 is 15.4 Å². The van der Waals surface area contributed by atoms with Gasteiger partial charge in [-0.25, -0.2) is 14.4 Å². The van der Waals surface area contributed by atoms with Crippen molar-refractivity contribution in [1.82, 2.24) is 25.1 Å². The highest BCUT2D eigenvalue weighted by Gasteiger charge is 2.17. The second-order valence-corrected chi connectivity index (χ2v) is 7.19. The van der Waals surface area contributed by atoms with Crippen LogP contribution in [0.1, 0.15) is 37.3 Å². The number of rotatable bonds is 11. The molecule has 0 aliphatic heterocycles. The van der Waals surface area contributed by atoms with Gasteiger partial charge in [0.1, 0.15) is 28.9 Å². The van der Waals surface area contributed by atoms with Crippen molar-refractivity contribution in [3.8, 4) is 5.75 Å². The van der Waals surface area contributed by atoms with Crippen molar-refractivity contribution < 1.29 is 14.2 Å². The minimum absolute atomic E-state index is 0.101. The maximum Gasteiger partial charge on any atom is 0.155 e. The summed E-state index contributed by atoms with van der Waals surface area (Å²) in [6.45, 7) is 3.00. The predicted octanol–water partition coefficient (Wildman–Crippen LogP) is 2.70. The SMILES string of the molecule is CCC[C@@H](CCO)Nc1ncnc2cnn(Cc3cc(CNC)c(F)cc3OC)c12. The summed E-state index contributed by atoms with van der Waals surface area (Å²) in [5.74, 6) is 0.819. The summed E-state index contributed by atoms with van der Waals surface area (Å²) < 4.78 is 21.5. The first kappa shape index (κ1) is 21.9. The molecule has 2 heterocycles. The van der Waals surface area contributed by atoms with Crippen molar-refractivity contribution >= 4 is 16.9 Å². The van der Waals surface area contributed by atoms with Gasteiger partial charge in [-0.2, -0.15) is 5.10 Å². The van der Waals surface area contributed by atoms with Gasteiger partial charge in [-0.3, -0.25) is 4.68 Å². The summed E-state index contributed by atoms with van der Waals surface area (Å²) >= 11 is 0. The van der Waals surface area contributed by atoms with Gasteiger partial charge in [0.15, 0.2) is 5.82 Å². The Morgan fingerprint density at radius 1 is 1.23 bits per heavy atom. The zero-order valence-corrected chi connectivity index (χ0v) is 17.7. The Balaban J connectivity index is 1.98. The molecule has 0 radical (unpaired) electrons. The highest BCUT2D eigenvalue weighted by atomic mass is 19.1. The second-order valence-electron chi connectivity index (χ2n) is 7.19. The molecule has 0 unspecified atom stereocenters. The zero-order chi connectivity index (χ0) is 21.5. The molecule has 1 atom stereocenters. The molecule has 30 heavy (non-hydrogen) atoms. The third-order valence-electron chi connectivity index (χ3n) is 5.02. The first-order chi connectivity index (χ1) is 14.6. The number of halogens is 1. The lowest BCUT2D eigenvalue weighted by atomic mass is 10.1. The third-order valence-corrected chi connectivity index (χ3v) is 5.02. The number of benzene rings is 1. The van der Waals surface area contributed by atoms with Crippen LogP contribution in [0.25, 0.3) is 11.0 Å². The zero-order valence-electron chi connectivity index (χ0n) is 17.7. The van der Waals surface area contributed by atoms with Crippen LogP contribution in [0.4, 0.5) is 10.2 Å². The molecule has 1 aromatic carbocycles. The Kier molecular flexibility index (Phi) is 7.53. The Labute approximate surface area is 175 Å². The van der Waals surface area contributed by atoms with Crippen LogP contribution in [0.2, 0.25) is 0 Å². The van der Waals surface area contributed by atoms with E-state index in [9.17, 15) is 9.50 Å². The summed E-state index contributed by atoms with van der Waals surface area (Å²) in [6.07, 6.45) is 5.73. The van der Waals surface area contributed by atoms with Crippen molar-refractivity contribution in [2.24, 2.45) is 0 Å². The summed E-state index contributed by atoms with van der Waals surface area (Å²) in [5, 5.41) is 20.3. The largest absolute Gasteiger partial charge is 0.496 e. The predicted molar refractivity (Wildman–Crippen MR) is 114 cm³/mol. The molecule has 0 bridgehead atoms. The number of hydrogen-bond acceptors (Lipinski definition) is 7. The van der Waals surface area contributed by atoms with E-state index in [0.717, 1.165) is 23.9 Å². The highest BCUT2D eigenvalue weighted by Crippen LogP contribution is 2.27. The quantitative estimate of drug-likeness (QED) is 0.442. The van der Waals surface area contributed by atoms with Crippen LogP contribution >= 0.6 is 0 Å². The number of nitrogens with one attached hydrogen (secondary N) is 2. The number of aromatic nitrogens is 4. The number of aliphatic hydroxyl groups is 1. The minimum Gasteiger partial charge on any atom is -0.496 e. The monoisotopic (exact) mass is 416 g/mol. The Hall–Kier alpha value is -2.78. The average Bonchev–Trinajstić information content (AvgIpc) is 3.14. The molecule has 0 aliphatic carbocycles. The molecule has 0 saturated heterocycles. The lowest BCUT2D eigenvalue weighted by molar-refractivity contribution is 0.276. The van der Waals surface area contributed by atoms with E-state index >= 15 is 0 Å². The van der Waals surface area contributed by atoms with Crippen LogP contribution in [-0.2, 0) is 13.1 Å². The van der Waals surface area contributed by atoms with Gasteiger partial charge >= 0.3 is 0 Å². The van der Waals surface area contributed by atoms with Gasteiger partial charge in [-0.05, 0) is 26.0 Å². The van der Waals surface area contributed by atoms with E-state index in [1.165, 1.54) is 19.5 Å². The van der Waals surface area contributed by atoms with Gasteiger partial charge in [0.25, 0.3) is 0 Å². The molecule has 0 amide bonds. The molecular weight excluding hydrogens is 387 g/mol. The van der Waals surface area contributed by atoms with Gasteiger partial charge in [0.05, 0.1) is 19.9 Å². The topological polar surface area (TPSA) is 97.1 Å². The standard InChI is InChI=1S/C21H29FN6O2/c1-4-5-16(6-7-29)27-21-20-18(24-13-25-21)11-26-28(20)12-15-8-14(10-23-2)17(22)9-19(15)30-3/h8-9,11,13,16,23,29H,4-7,10,12H2,1-3H3,(H,24,25,27)/t16-/m0/s1. The summed E-state index contributed by atoms with van der Waals surface area (Å²) in [6, 6.07) is 3.30. The smallest absolute Gasteiger partial charge is 0.155 e. The molecule has 3 N–H and O–H groups in total. The van der Waals surface area contributed by atoms with Crippen molar-refractivity contribution in [3.05, 3.63) is 41.6 Å². The van der Waals surface area contributed by atoms with E-state index in [2.05, 4.69) is 32.6 Å². The Morgan fingerprint density at radius 3 is 2.77 bits per heavy atom. The number of hydrogen-bond donors (Lipinski definition) is 3. The number of methoxy groups -OCH3 is 1. The molecule has 2 aromatic heterocycles. The lowest BCUT2D eigenvalue weighted by Crippen LogP contribution is -2.22. The molecule has 3 aromatic rings. The first-order valence-corrected chi connectivity index (χ1v) is 10.1. The first-order valence-electron chi connectivity index (χ1n) is 10.1. The summed E-state index contributed by atoms with van der Waals surface area (Å²) in [4.78, 5) is 8.75. The molecule has 162 valence electrons. The molecule has 0 fully saturated rings. The lowest BCUT2D eigenvalue weighted by Gasteiger charge is -2.19. The average molecular weight is 417 g/mol. The van der Waals surface area contributed by atoms with Crippen LogP contribution in [0.15, 0.2) is 24.7 Å². The van der Waals surface area contributed by atoms with Gasteiger partial charge in [-0.15, -0.1) is 0 Å². The molecule has 0 aliphatic rings. The van der Waals surface area contributed by atoms with Gasteiger partial charge in [0, 0.05) is 36.4 Å². The van der Waals surface area contributed by atoms with E-state index in [1.807, 2.05) is 0 Å². The van der Waals surface area contributed by atoms with Crippen LogP contribution in [-0.4, -0.2) is 51.7 Å². The molecular formula is C21H29FN6O2. The Bertz CT molecular complexity index is 972. The van der Waals surface area contributed by atoms with Crippen LogP contribution in [0, 0.1) is 5.82 Å². The fourth-order valence-corrected chi connectivity index (χ4v) is 3.59. The van der Waals surface area contributed by atoms with Crippen molar-refractivity contribution in [1.29, 1.82) is 0 Å². The summed E-state index contributed by atoms with van der Waals surface area (Å²) in [5.41, 5.74) is 2.84. The number of aliphatic hydroxyl groups excluding tert-OH is 1. The number of anilines is 1. The third kappa shape index (κ3) is 4.85. The molecule has 8 nitrogen and oxygen atoms in total. The Morgan fingerprint density at radius 2 is 2.07 bits per heavy atom. The van der Waals surface area contributed by atoms with E-state index in [-0.39, 0.29) is 18.5 Å². The van der Waals surface area contributed by atoms with Gasteiger partial charge in [0.2, 0.25) is 0 Å². The maximum atomic E-state index is 14.3. The van der Waals surface area contributed by atoms with E-state index in [0.29, 0.717) is 42.2 Å². The number of nitrogens with zero attached hydrogens (tertiary/aromatic N) is 4. The summed E-state index contributed by atoms with van der Waals surface area (Å²) in [7, 11) is 3.30. The fraction of sp³-hybridized carbons (Fsp3) is 0.476. The fourth-order valence-electron chi connectivity index (χ4n) is 3.59. The molecule has 3 rings (SSSR count). The highest BCUT2D eigenvalue weighted by molar-refractivity contribution is 5.85. The van der Waals surface area contributed by atoms with Crippen molar-refractivity contribution in [2.75, 3.05) is 26.1 Å². The molecule has 9 heteroatoms. The van der Waals surface area contributed by atoms with E-state index in [1.54, 1.807) is 24.0 Å². The minimum atomic E-state index is -0.313. The molecule has 0 spiro atoms. The second kappa shape index (κ2) is 10.3. The number of fused-ring (bicyclic) bond motifs is 1.